The average molecular weight is 385 g/mol. The van der Waals surface area contributed by atoms with Crippen molar-refractivity contribution in [3.05, 3.63) is 54.1 Å². The van der Waals surface area contributed by atoms with Gasteiger partial charge in [0.05, 0.1) is 24.5 Å². The van der Waals surface area contributed by atoms with Crippen molar-refractivity contribution in [3.63, 3.8) is 0 Å². The fourth-order valence-electron chi connectivity index (χ4n) is 2.67. The van der Waals surface area contributed by atoms with Crippen molar-refractivity contribution in [2.45, 2.75) is 29.6 Å². The largest absolute Gasteiger partial charge is 0.497 e. The van der Waals surface area contributed by atoms with Crippen LogP contribution in [0, 0.1) is 0 Å². The first-order valence-corrected chi connectivity index (χ1v) is 9.30. The van der Waals surface area contributed by atoms with Gasteiger partial charge < -0.3 is 14.8 Å². The number of ether oxygens (including phenoxy) is 2. The molecule has 6 nitrogen and oxygen atoms in total. The Balaban J connectivity index is 1.58. The molecule has 0 radical (unpaired) electrons. The second kappa shape index (κ2) is 8.26. The summed E-state index contributed by atoms with van der Waals surface area (Å²) < 4.78 is 10.3. The van der Waals surface area contributed by atoms with Crippen LogP contribution in [0.25, 0.3) is 0 Å². The Hall–Kier alpha value is -2.80. The molecule has 0 bridgehead atoms. The van der Waals surface area contributed by atoms with E-state index < -0.39 is 17.3 Å². The summed E-state index contributed by atoms with van der Waals surface area (Å²) in [6.07, 6.45) is -1.04. The van der Waals surface area contributed by atoms with Gasteiger partial charge in [0.15, 0.2) is 6.10 Å². The number of benzene rings is 2. The number of esters is 1. The van der Waals surface area contributed by atoms with Gasteiger partial charge in [0.2, 0.25) is 11.7 Å². The van der Waals surface area contributed by atoms with Crippen molar-refractivity contribution < 1.29 is 23.9 Å². The quantitative estimate of drug-likeness (QED) is 0.607. The Morgan fingerprint density at radius 3 is 2.56 bits per heavy atom. The van der Waals surface area contributed by atoms with Gasteiger partial charge in [-0.25, -0.2) is 0 Å². The molecule has 7 heteroatoms. The molecule has 0 unspecified atom stereocenters. The first-order chi connectivity index (χ1) is 13.0. The summed E-state index contributed by atoms with van der Waals surface area (Å²) >= 11 is 1.32. The number of rotatable bonds is 6. The van der Waals surface area contributed by atoms with Crippen LogP contribution in [-0.4, -0.2) is 36.1 Å². The van der Waals surface area contributed by atoms with Crippen molar-refractivity contribution in [3.8, 4) is 5.75 Å². The highest BCUT2D eigenvalue weighted by molar-refractivity contribution is 8.01. The molecular weight excluding hydrogens is 366 g/mol. The zero-order chi connectivity index (χ0) is 19.4. The number of amides is 1. The summed E-state index contributed by atoms with van der Waals surface area (Å²) in [4.78, 5) is 37.7. The molecule has 2 atom stereocenters. The molecule has 1 N–H and O–H groups in total. The third kappa shape index (κ3) is 4.49. The Morgan fingerprint density at radius 2 is 1.85 bits per heavy atom. The summed E-state index contributed by atoms with van der Waals surface area (Å²) in [6, 6.07) is 14.0. The zero-order valence-electron chi connectivity index (χ0n) is 14.9. The van der Waals surface area contributed by atoms with E-state index in [1.54, 1.807) is 31.4 Å². The number of anilines is 1. The first-order valence-electron chi connectivity index (χ1n) is 8.42. The number of hydrogen-bond donors (Lipinski definition) is 1. The van der Waals surface area contributed by atoms with Crippen LogP contribution in [0.3, 0.4) is 0 Å². The van der Waals surface area contributed by atoms with Gasteiger partial charge >= 0.3 is 5.97 Å². The maximum atomic E-state index is 12.4. The van der Waals surface area contributed by atoms with Crippen molar-refractivity contribution >= 4 is 35.1 Å². The van der Waals surface area contributed by atoms with Crippen LogP contribution < -0.4 is 10.1 Å². The summed E-state index contributed by atoms with van der Waals surface area (Å²) in [5.41, 5.74) is 1.16. The van der Waals surface area contributed by atoms with Crippen LogP contribution in [0.2, 0.25) is 0 Å². The summed E-state index contributed by atoms with van der Waals surface area (Å²) in [7, 11) is 1.54. The van der Waals surface area contributed by atoms with Crippen LogP contribution in [0.1, 0.15) is 23.7 Å². The van der Waals surface area contributed by atoms with Crippen molar-refractivity contribution in [2.75, 3.05) is 12.4 Å². The minimum Gasteiger partial charge on any atom is -0.497 e. The van der Waals surface area contributed by atoms with E-state index in [1.807, 2.05) is 24.3 Å². The van der Waals surface area contributed by atoms with E-state index in [9.17, 15) is 14.4 Å². The highest BCUT2D eigenvalue weighted by Gasteiger charge is 2.30. The fraction of sp³-hybridized carbons (Fsp3) is 0.250. The van der Waals surface area contributed by atoms with E-state index in [2.05, 4.69) is 5.32 Å². The van der Waals surface area contributed by atoms with Crippen LogP contribution in [0.4, 0.5) is 5.69 Å². The molecule has 0 saturated heterocycles. The molecule has 140 valence electrons. The molecule has 0 aliphatic carbocycles. The minimum atomic E-state index is -0.935. The number of carbonyl (C=O) groups is 3. The number of fused-ring (bicyclic) bond motifs is 1. The smallest absolute Gasteiger partial charge is 0.308 e. The van der Waals surface area contributed by atoms with Crippen LogP contribution in [-0.2, 0) is 14.3 Å². The summed E-state index contributed by atoms with van der Waals surface area (Å²) in [5.74, 6) is -0.505. The average Bonchev–Trinajstić information content (AvgIpc) is 2.68. The Kier molecular flexibility index (Phi) is 5.81. The Morgan fingerprint density at radius 1 is 1.15 bits per heavy atom. The van der Waals surface area contributed by atoms with Gasteiger partial charge in [-0.2, -0.15) is 0 Å². The maximum absolute atomic E-state index is 12.4. The monoisotopic (exact) mass is 385 g/mol. The van der Waals surface area contributed by atoms with Crippen LogP contribution >= 0.6 is 11.8 Å². The fourth-order valence-corrected chi connectivity index (χ4v) is 3.76. The van der Waals surface area contributed by atoms with Crippen LogP contribution in [0.15, 0.2) is 53.4 Å². The zero-order valence-corrected chi connectivity index (χ0v) is 15.7. The number of carbonyl (C=O) groups excluding carboxylic acids is 3. The lowest BCUT2D eigenvalue weighted by Crippen LogP contribution is -2.33. The molecule has 1 heterocycles. The van der Waals surface area contributed by atoms with E-state index in [1.165, 1.54) is 18.7 Å². The number of para-hydroxylation sites is 1. The molecule has 1 amide bonds. The number of nitrogens with one attached hydrogen (secondary N) is 1. The minimum absolute atomic E-state index is 0.106. The molecular formula is C20H19NO5S. The third-order valence-corrected chi connectivity index (χ3v) is 5.39. The van der Waals surface area contributed by atoms with Gasteiger partial charge in [0.1, 0.15) is 5.75 Å². The van der Waals surface area contributed by atoms with Gasteiger partial charge in [0.25, 0.3) is 0 Å². The van der Waals surface area contributed by atoms with Gasteiger partial charge in [-0.15, -0.1) is 11.8 Å². The third-order valence-electron chi connectivity index (χ3n) is 4.11. The van der Waals surface area contributed by atoms with E-state index >= 15 is 0 Å². The predicted octanol–water partition coefficient (Wildman–Crippen LogP) is 3.31. The highest BCUT2D eigenvalue weighted by atomic mass is 32.2. The predicted molar refractivity (Wildman–Crippen MR) is 102 cm³/mol. The molecule has 27 heavy (non-hydrogen) atoms. The van der Waals surface area contributed by atoms with Crippen molar-refractivity contribution in [1.29, 1.82) is 0 Å². The van der Waals surface area contributed by atoms with E-state index in [-0.39, 0.29) is 18.1 Å². The molecule has 0 spiro atoms. The summed E-state index contributed by atoms with van der Waals surface area (Å²) in [5, 5.41) is 2.19. The number of thioether (sulfide) groups is 1. The number of methoxy groups -OCH3 is 1. The number of ketones is 1. The standard InChI is InChI=1S/C20H19NO5S/c1-12(19(23)13-7-9-14(25-2)10-8-13)26-18(22)11-17-20(24)21-15-5-3-4-6-16(15)27-17/h3-10,12,17H,11H2,1-2H3,(H,21,24)/t12-,17-/m0/s1. The van der Waals surface area contributed by atoms with Crippen LogP contribution in [0.5, 0.6) is 5.75 Å². The van der Waals surface area contributed by atoms with Gasteiger partial charge in [-0.3, -0.25) is 14.4 Å². The second-order valence-corrected chi connectivity index (χ2v) is 7.27. The lowest BCUT2D eigenvalue weighted by molar-refractivity contribution is -0.147. The van der Waals surface area contributed by atoms with Gasteiger partial charge in [-0.1, -0.05) is 12.1 Å². The SMILES string of the molecule is COc1ccc(C(=O)[C@H](C)OC(=O)C[C@@H]2Sc3ccccc3NC2=O)cc1. The number of hydrogen-bond acceptors (Lipinski definition) is 6. The van der Waals surface area contributed by atoms with Gasteiger partial charge in [0, 0.05) is 10.5 Å². The molecule has 1 aliphatic heterocycles. The van der Waals surface area contributed by atoms with E-state index in [0.717, 1.165) is 10.6 Å². The first kappa shape index (κ1) is 19.0. The Labute approximate surface area is 161 Å². The molecule has 2 aromatic rings. The lowest BCUT2D eigenvalue weighted by atomic mass is 10.1. The van der Waals surface area contributed by atoms with E-state index in [4.69, 9.17) is 9.47 Å². The maximum Gasteiger partial charge on any atom is 0.308 e. The lowest BCUT2D eigenvalue weighted by Gasteiger charge is -2.23. The number of Topliss-reactive ketones (excluding diaryl/α,β-unsaturated/α-hetero) is 1. The molecule has 2 aromatic carbocycles. The highest BCUT2D eigenvalue weighted by Crippen LogP contribution is 2.36. The Bertz CT molecular complexity index is 865. The molecule has 3 rings (SSSR count). The van der Waals surface area contributed by atoms with Gasteiger partial charge in [-0.05, 0) is 43.3 Å². The van der Waals surface area contributed by atoms with Crippen molar-refractivity contribution in [2.24, 2.45) is 0 Å². The topological polar surface area (TPSA) is 81.7 Å². The second-order valence-electron chi connectivity index (χ2n) is 6.02. The molecule has 0 saturated carbocycles. The molecule has 0 aromatic heterocycles. The molecule has 1 aliphatic rings. The van der Waals surface area contributed by atoms with Crippen molar-refractivity contribution in [1.82, 2.24) is 0 Å². The summed E-state index contributed by atoms with van der Waals surface area (Å²) in [6.45, 7) is 1.52. The molecule has 0 fully saturated rings. The normalized spacial score (nSPS) is 16.7. The van der Waals surface area contributed by atoms with E-state index in [0.29, 0.717) is 11.3 Å².